The number of methoxy groups -OCH3 is 1. The summed E-state index contributed by atoms with van der Waals surface area (Å²) in [6.07, 6.45) is 0. The monoisotopic (exact) mass is 319 g/mol. The number of halogens is 1. The van der Waals surface area contributed by atoms with Crippen LogP contribution in [-0.4, -0.2) is 11.5 Å². The molecule has 2 nitrogen and oxygen atoms in total. The Morgan fingerprint density at radius 2 is 1.89 bits per heavy atom. The number of rotatable bonds is 2. The van der Waals surface area contributed by atoms with Gasteiger partial charge >= 0.3 is 0 Å². The third kappa shape index (κ3) is 2.02. The van der Waals surface area contributed by atoms with Crippen LogP contribution in [-0.2, 0) is 0 Å². The van der Waals surface area contributed by atoms with Crippen molar-refractivity contribution >= 4 is 37.5 Å². The first kappa shape index (κ1) is 11.7. The molecule has 0 saturated carbocycles. The fourth-order valence-corrected chi connectivity index (χ4v) is 2.95. The van der Waals surface area contributed by atoms with Crippen LogP contribution in [0.4, 0.5) is 0 Å². The molecule has 0 bridgehead atoms. The maximum absolute atomic E-state index is 5.23. The van der Waals surface area contributed by atoms with Crippen molar-refractivity contribution in [1.82, 2.24) is 4.37 Å². The zero-order valence-corrected chi connectivity index (χ0v) is 12.1. The molecule has 4 heteroatoms. The second kappa shape index (κ2) is 4.71. The Bertz CT molecular complexity index is 691. The normalized spacial score (nSPS) is 10.8. The topological polar surface area (TPSA) is 22.1 Å². The second-order valence-electron chi connectivity index (χ2n) is 3.90. The lowest BCUT2D eigenvalue weighted by Crippen LogP contribution is -1.81. The minimum atomic E-state index is 0.869. The molecule has 0 saturated heterocycles. The van der Waals surface area contributed by atoms with Crippen LogP contribution in [0.25, 0.3) is 21.3 Å². The van der Waals surface area contributed by atoms with E-state index in [4.69, 9.17) is 4.74 Å². The molecule has 0 aliphatic carbocycles. The van der Waals surface area contributed by atoms with E-state index in [0.717, 1.165) is 26.2 Å². The molecular weight excluding hydrogens is 310 g/mol. The highest BCUT2D eigenvalue weighted by atomic mass is 79.9. The van der Waals surface area contributed by atoms with Crippen molar-refractivity contribution in [2.75, 3.05) is 7.11 Å². The van der Waals surface area contributed by atoms with E-state index in [1.54, 1.807) is 7.11 Å². The predicted molar refractivity (Wildman–Crippen MR) is 79.3 cm³/mol. The Labute approximate surface area is 118 Å². The van der Waals surface area contributed by atoms with Crippen molar-refractivity contribution in [2.24, 2.45) is 0 Å². The zero-order valence-electron chi connectivity index (χ0n) is 9.68. The molecule has 3 rings (SSSR count). The molecule has 0 aliphatic heterocycles. The molecule has 18 heavy (non-hydrogen) atoms. The Morgan fingerprint density at radius 3 is 2.61 bits per heavy atom. The first-order valence-corrected chi connectivity index (χ1v) is 7.04. The van der Waals surface area contributed by atoms with Gasteiger partial charge < -0.3 is 4.74 Å². The van der Waals surface area contributed by atoms with Gasteiger partial charge in [-0.2, -0.15) is 4.37 Å². The van der Waals surface area contributed by atoms with Gasteiger partial charge in [0.25, 0.3) is 0 Å². The first-order valence-electron chi connectivity index (χ1n) is 5.47. The number of ether oxygens (including phenoxy) is 1. The lowest BCUT2D eigenvalue weighted by Gasteiger charge is -2.00. The summed E-state index contributed by atoms with van der Waals surface area (Å²) in [5.74, 6) is 0.869. The molecule has 0 spiro atoms. The standard InChI is InChI=1S/C14H10BrNOS/c1-17-11-6-7-12-13(8-11)18-16-14(12)9-2-4-10(15)5-3-9/h2-8H,1H3. The minimum Gasteiger partial charge on any atom is -0.497 e. The van der Waals surface area contributed by atoms with Gasteiger partial charge in [0, 0.05) is 15.4 Å². The van der Waals surface area contributed by atoms with Crippen molar-refractivity contribution in [3.05, 3.63) is 46.9 Å². The van der Waals surface area contributed by atoms with E-state index < -0.39 is 0 Å². The molecule has 1 heterocycles. The summed E-state index contributed by atoms with van der Waals surface area (Å²) in [5, 5.41) is 1.17. The number of benzene rings is 2. The lowest BCUT2D eigenvalue weighted by molar-refractivity contribution is 0.415. The lowest BCUT2D eigenvalue weighted by atomic mass is 10.1. The summed E-state index contributed by atoms with van der Waals surface area (Å²) in [7, 11) is 1.68. The van der Waals surface area contributed by atoms with E-state index in [1.807, 2.05) is 24.3 Å². The number of aromatic nitrogens is 1. The van der Waals surface area contributed by atoms with E-state index in [2.05, 4.69) is 38.5 Å². The third-order valence-electron chi connectivity index (χ3n) is 2.80. The molecule has 0 amide bonds. The van der Waals surface area contributed by atoms with E-state index in [9.17, 15) is 0 Å². The van der Waals surface area contributed by atoms with Crippen molar-refractivity contribution in [3.8, 4) is 17.0 Å². The number of nitrogens with zero attached hydrogens (tertiary/aromatic N) is 1. The highest BCUT2D eigenvalue weighted by Gasteiger charge is 2.09. The van der Waals surface area contributed by atoms with Gasteiger partial charge in [0.2, 0.25) is 0 Å². The molecule has 90 valence electrons. The van der Waals surface area contributed by atoms with Crippen LogP contribution >= 0.6 is 27.5 Å². The van der Waals surface area contributed by atoms with E-state index >= 15 is 0 Å². The summed E-state index contributed by atoms with van der Waals surface area (Å²) in [6, 6.07) is 14.3. The molecular formula is C14H10BrNOS. The summed E-state index contributed by atoms with van der Waals surface area (Å²) < 4.78 is 12.0. The summed E-state index contributed by atoms with van der Waals surface area (Å²) >= 11 is 4.94. The molecule has 0 N–H and O–H groups in total. The molecule has 0 atom stereocenters. The van der Waals surface area contributed by atoms with E-state index in [-0.39, 0.29) is 0 Å². The molecule has 3 aromatic rings. The summed E-state index contributed by atoms with van der Waals surface area (Å²) in [6.45, 7) is 0. The first-order chi connectivity index (χ1) is 8.78. The highest BCUT2D eigenvalue weighted by Crippen LogP contribution is 2.33. The van der Waals surface area contributed by atoms with Crippen LogP contribution in [0.5, 0.6) is 5.75 Å². The second-order valence-corrected chi connectivity index (χ2v) is 5.62. The van der Waals surface area contributed by atoms with Gasteiger partial charge in [0.05, 0.1) is 17.5 Å². The fourth-order valence-electron chi connectivity index (χ4n) is 1.86. The van der Waals surface area contributed by atoms with Crippen LogP contribution in [0.15, 0.2) is 46.9 Å². The minimum absolute atomic E-state index is 0.869. The van der Waals surface area contributed by atoms with Crippen molar-refractivity contribution in [2.45, 2.75) is 0 Å². The average molecular weight is 320 g/mol. The molecule has 1 aromatic heterocycles. The zero-order chi connectivity index (χ0) is 12.5. The van der Waals surface area contributed by atoms with Crippen LogP contribution in [0.2, 0.25) is 0 Å². The van der Waals surface area contributed by atoms with Crippen LogP contribution in [0.3, 0.4) is 0 Å². The van der Waals surface area contributed by atoms with Crippen LogP contribution in [0, 0.1) is 0 Å². The third-order valence-corrected chi connectivity index (χ3v) is 4.13. The Kier molecular flexibility index (Phi) is 3.06. The van der Waals surface area contributed by atoms with Gasteiger partial charge in [0.1, 0.15) is 5.75 Å². The predicted octanol–water partition coefficient (Wildman–Crippen LogP) is 4.73. The van der Waals surface area contributed by atoms with E-state index in [0.29, 0.717) is 0 Å². The number of hydrogen-bond donors (Lipinski definition) is 0. The van der Waals surface area contributed by atoms with Gasteiger partial charge in [-0.15, -0.1) is 0 Å². The maximum Gasteiger partial charge on any atom is 0.120 e. The molecule has 0 unspecified atom stereocenters. The van der Waals surface area contributed by atoms with Crippen molar-refractivity contribution < 1.29 is 4.74 Å². The van der Waals surface area contributed by atoms with Gasteiger partial charge in [0.15, 0.2) is 0 Å². The Balaban J connectivity index is 2.15. The maximum atomic E-state index is 5.23. The van der Waals surface area contributed by atoms with Crippen molar-refractivity contribution in [1.29, 1.82) is 0 Å². The van der Waals surface area contributed by atoms with Gasteiger partial charge in [-0.25, -0.2) is 0 Å². The SMILES string of the molecule is COc1ccc2c(-c3ccc(Br)cc3)nsc2c1. The number of fused-ring (bicyclic) bond motifs is 1. The summed E-state index contributed by atoms with van der Waals surface area (Å²) in [4.78, 5) is 0. The Morgan fingerprint density at radius 1 is 1.11 bits per heavy atom. The smallest absolute Gasteiger partial charge is 0.120 e. The molecule has 2 aromatic carbocycles. The van der Waals surface area contributed by atoms with Crippen LogP contribution in [0.1, 0.15) is 0 Å². The van der Waals surface area contributed by atoms with Gasteiger partial charge in [-0.1, -0.05) is 28.1 Å². The van der Waals surface area contributed by atoms with Gasteiger partial charge in [-0.05, 0) is 41.9 Å². The highest BCUT2D eigenvalue weighted by molar-refractivity contribution is 9.10. The quantitative estimate of drug-likeness (QED) is 0.681. The largest absolute Gasteiger partial charge is 0.497 e. The van der Waals surface area contributed by atoms with E-state index in [1.165, 1.54) is 16.9 Å². The Hall–Kier alpha value is -1.39. The average Bonchev–Trinajstić information content (AvgIpc) is 2.82. The fraction of sp³-hybridized carbons (Fsp3) is 0.0714. The van der Waals surface area contributed by atoms with Crippen molar-refractivity contribution in [3.63, 3.8) is 0 Å². The van der Waals surface area contributed by atoms with Gasteiger partial charge in [-0.3, -0.25) is 0 Å². The molecule has 0 aliphatic rings. The molecule has 0 fully saturated rings. The van der Waals surface area contributed by atoms with Crippen LogP contribution < -0.4 is 4.74 Å². The summed E-state index contributed by atoms with van der Waals surface area (Å²) in [5.41, 5.74) is 2.17. The molecule has 0 radical (unpaired) electrons. The number of hydrogen-bond acceptors (Lipinski definition) is 3.